The van der Waals surface area contributed by atoms with E-state index in [0.717, 1.165) is 5.56 Å². The van der Waals surface area contributed by atoms with E-state index in [1.165, 1.54) is 0 Å². The third kappa shape index (κ3) is 3.73. The molecule has 118 valence electrons. The van der Waals surface area contributed by atoms with Crippen molar-refractivity contribution >= 4 is 35.5 Å². The lowest BCUT2D eigenvalue weighted by Crippen LogP contribution is -2.14. The van der Waals surface area contributed by atoms with Crippen molar-refractivity contribution in [2.24, 2.45) is 0 Å². The van der Waals surface area contributed by atoms with E-state index in [1.54, 1.807) is 36.4 Å². The van der Waals surface area contributed by atoms with Gasteiger partial charge in [-0.3, -0.25) is 4.79 Å². The van der Waals surface area contributed by atoms with Crippen LogP contribution in [0.3, 0.4) is 0 Å². The lowest BCUT2D eigenvalue weighted by atomic mass is 9.84. The standard InChI is InChI=1S/C17H18ClNO2.ClH/c1-17(2,3)11-8-13(16(21)14(19)9-11)15(20)10-4-6-12(18)7-5-10;/h4-9,21H,19H2,1-3H3;1H. The number of hydrogen-bond donors (Lipinski definition) is 2. The summed E-state index contributed by atoms with van der Waals surface area (Å²) in [4.78, 5) is 12.6. The fraction of sp³-hybridized carbons (Fsp3) is 0.235. The van der Waals surface area contributed by atoms with Crippen LogP contribution < -0.4 is 5.73 Å². The van der Waals surface area contributed by atoms with Crippen molar-refractivity contribution in [2.75, 3.05) is 5.73 Å². The molecule has 0 saturated heterocycles. The van der Waals surface area contributed by atoms with E-state index in [9.17, 15) is 9.90 Å². The van der Waals surface area contributed by atoms with Crippen LogP contribution in [-0.2, 0) is 5.41 Å². The van der Waals surface area contributed by atoms with Gasteiger partial charge in [-0.1, -0.05) is 32.4 Å². The Morgan fingerprint density at radius 1 is 1.14 bits per heavy atom. The number of carbonyl (C=O) groups excluding carboxylic acids is 1. The minimum absolute atomic E-state index is 0. The van der Waals surface area contributed by atoms with E-state index >= 15 is 0 Å². The Labute approximate surface area is 141 Å². The molecule has 2 aromatic rings. The van der Waals surface area contributed by atoms with Gasteiger partial charge >= 0.3 is 0 Å². The Morgan fingerprint density at radius 2 is 1.68 bits per heavy atom. The molecule has 0 unspecified atom stereocenters. The third-order valence-electron chi connectivity index (χ3n) is 3.36. The van der Waals surface area contributed by atoms with E-state index in [1.807, 2.05) is 20.8 Å². The molecule has 0 fully saturated rings. The number of aromatic hydroxyl groups is 1. The highest BCUT2D eigenvalue weighted by Crippen LogP contribution is 2.34. The summed E-state index contributed by atoms with van der Waals surface area (Å²) >= 11 is 5.82. The summed E-state index contributed by atoms with van der Waals surface area (Å²) in [7, 11) is 0. The van der Waals surface area contributed by atoms with Crippen LogP contribution >= 0.6 is 24.0 Å². The number of hydrogen-bond acceptors (Lipinski definition) is 3. The van der Waals surface area contributed by atoms with E-state index < -0.39 is 0 Å². The molecule has 0 bridgehead atoms. The molecule has 0 aliphatic heterocycles. The van der Waals surface area contributed by atoms with Gasteiger partial charge in [0.05, 0.1) is 11.3 Å². The maximum Gasteiger partial charge on any atom is 0.196 e. The summed E-state index contributed by atoms with van der Waals surface area (Å²) in [6.45, 7) is 6.07. The van der Waals surface area contributed by atoms with Gasteiger partial charge in [0.15, 0.2) is 5.78 Å². The average molecular weight is 340 g/mol. The van der Waals surface area contributed by atoms with Crippen molar-refractivity contribution in [3.05, 3.63) is 58.1 Å². The summed E-state index contributed by atoms with van der Waals surface area (Å²) in [6, 6.07) is 9.94. The molecule has 0 amide bonds. The van der Waals surface area contributed by atoms with Gasteiger partial charge in [-0.05, 0) is 47.4 Å². The fourth-order valence-corrected chi connectivity index (χ4v) is 2.15. The van der Waals surface area contributed by atoms with Crippen LogP contribution in [0, 0.1) is 0 Å². The normalized spacial score (nSPS) is 10.9. The number of nitrogens with two attached hydrogens (primary N) is 1. The Kier molecular flexibility index (Phi) is 5.49. The number of phenolic OH excluding ortho intramolecular Hbond substituents is 1. The molecule has 22 heavy (non-hydrogen) atoms. The number of carbonyl (C=O) groups is 1. The van der Waals surface area contributed by atoms with Gasteiger partial charge in [0.2, 0.25) is 0 Å². The Bertz CT molecular complexity index is 689. The third-order valence-corrected chi connectivity index (χ3v) is 3.61. The topological polar surface area (TPSA) is 63.3 Å². The molecule has 0 radical (unpaired) electrons. The second-order valence-corrected chi connectivity index (χ2v) is 6.48. The number of nitrogen functional groups attached to an aromatic ring is 1. The number of anilines is 1. The van der Waals surface area contributed by atoms with Gasteiger partial charge in [0.25, 0.3) is 0 Å². The molecular formula is C17H19Cl2NO2. The second-order valence-electron chi connectivity index (χ2n) is 6.05. The maximum absolute atomic E-state index is 12.6. The summed E-state index contributed by atoms with van der Waals surface area (Å²) in [5.74, 6) is -0.454. The van der Waals surface area contributed by atoms with Gasteiger partial charge in [0, 0.05) is 10.6 Å². The lowest BCUT2D eigenvalue weighted by Gasteiger charge is -2.21. The Hall–Kier alpha value is -1.71. The molecule has 0 aromatic heterocycles. The van der Waals surface area contributed by atoms with Gasteiger partial charge < -0.3 is 10.8 Å². The van der Waals surface area contributed by atoms with Gasteiger partial charge in [0.1, 0.15) is 5.75 Å². The predicted octanol–water partition coefficient (Wildman–Crippen LogP) is 4.58. The second kappa shape index (κ2) is 6.59. The lowest BCUT2D eigenvalue weighted by molar-refractivity contribution is 0.103. The predicted molar refractivity (Wildman–Crippen MR) is 93.4 cm³/mol. The van der Waals surface area contributed by atoms with E-state index in [2.05, 4.69) is 0 Å². The minimum atomic E-state index is -0.276. The highest BCUT2D eigenvalue weighted by molar-refractivity contribution is 6.30. The number of phenols is 1. The first kappa shape index (κ1) is 18.3. The highest BCUT2D eigenvalue weighted by atomic mass is 35.5. The van der Waals surface area contributed by atoms with E-state index in [-0.39, 0.29) is 40.6 Å². The van der Waals surface area contributed by atoms with Gasteiger partial charge in [-0.2, -0.15) is 0 Å². The zero-order valence-electron chi connectivity index (χ0n) is 12.7. The summed E-state index contributed by atoms with van der Waals surface area (Å²) in [5, 5.41) is 10.7. The smallest absolute Gasteiger partial charge is 0.196 e. The van der Waals surface area contributed by atoms with Crippen LogP contribution in [-0.4, -0.2) is 10.9 Å². The molecule has 3 nitrogen and oxygen atoms in total. The molecule has 0 aliphatic carbocycles. The molecular weight excluding hydrogens is 321 g/mol. The van der Waals surface area contributed by atoms with E-state index in [4.69, 9.17) is 17.3 Å². The molecule has 5 heteroatoms. The van der Waals surface area contributed by atoms with Crippen molar-refractivity contribution in [1.82, 2.24) is 0 Å². The zero-order valence-corrected chi connectivity index (χ0v) is 14.3. The first-order valence-corrected chi connectivity index (χ1v) is 7.01. The monoisotopic (exact) mass is 339 g/mol. The van der Waals surface area contributed by atoms with Crippen LogP contribution in [0.1, 0.15) is 42.3 Å². The van der Waals surface area contributed by atoms with Crippen molar-refractivity contribution in [3.8, 4) is 5.75 Å². The number of benzene rings is 2. The molecule has 3 N–H and O–H groups in total. The van der Waals surface area contributed by atoms with Gasteiger partial charge in [-0.15, -0.1) is 12.4 Å². The molecule has 0 spiro atoms. The molecule has 0 heterocycles. The fourth-order valence-electron chi connectivity index (χ4n) is 2.02. The molecule has 2 aromatic carbocycles. The first-order valence-electron chi connectivity index (χ1n) is 6.63. The molecule has 0 atom stereocenters. The average Bonchev–Trinajstić information content (AvgIpc) is 2.40. The summed E-state index contributed by atoms with van der Waals surface area (Å²) < 4.78 is 0. The quantitative estimate of drug-likeness (QED) is 0.478. The van der Waals surface area contributed by atoms with E-state index in [0.29, 0.717) is 10.6 Å². The van der Waals surface area contributed by atoms with Crippen LogP contribution in [0.5, 0.6) is 5.75 Å². The van der Waals surface area contributed by atoms with Gasteiger partial charge in [-0.25, -0.2) is 0 Å². The summed E-state index contributed by atoms with van der Waals surface area (Å²) in [6.07, 6.45) is 0. The molecule has 0 saturated carbocycles. The summed E-state index contributed by atoms with van der Waals surface area (Å²) in [5.41, 5.74) is 7.44. The molecule has 2 rings (SSSR count). The van der Waals surface area contributed by atoms with Crippen molar-refractivity contribution in [3.63, 3.8) is 0 Å². The Balaban J connectivity index is 0.00000242. The first-order chi connectivity index (χ1) is 9.70. The highest BCUT2D eigenvalue weighted by Gasteiger charge is 2.21. The number of rotatable bonds is 2. The van der Waals surface area contributed by atoms with Crippen LogP contribution in [0.25, 0.3) is 0 Å². The van der Waals surface area contributed by atoms with Crippen molar-refractivity contribution in [1.29, 1.82) is 0 Å². The van der Waals surface area contributed by atoms with Crippen LogP contribution in [0.15, 0.2) is 36.4 Å². The van der Waals surface area contributed by atoms with Crippen molar-refractivity contribution in [2.45, 2.75) is 26.2 Å². The largest absolute Gasteiger partial charge is 0.505 e. The van der Waals surface area contributed by atoms with Crippen molar-refractivity contribution < 1.29 is 9.90 Å². The number of halogens is 2. The van der Waals surface area contributed by atoms with Crippen LogP contribution in [0.4, 0.5) is 5.69 Å². The number of ketones is 1. The SMILES string of the molecule is CC(C)(C)c1cc(N)c(O)c(C(=O)c2ccc(Cl)cc2)c1.Cl. The molecule has 0 aliphatic rings. The zero-order chi connectivity index (χ0) is 15.8. The maximum atomic E-state index is 12.6. The minimum Gasteiger partial charge on any atom is -0.505 e. The Morgan fingerprint density at radius 3 is 2.18 bits per heavy atom. The van der Waals surface area contributed by atoms with Crippen LogP contribution in [0.2, 0.25) is 5.02 Å².